The molecule has 0 saturated carbocycles. The Balaban J connectivity index is 2.36. The molecule has 1 aromatic heterocycles. The molecule has 1 heterocycles. The molecule has 1 unspecified atom stereocenters. The van der Waals surface area contributed by atoms with Crippen LogP contribution in [0.3, 0.4) is 0 Å². The Morgan fingerprint density at radius 1 is 1.39 bits per heavy atom. The predicted octanol–water partition coefficient (Wildman–Crippen LogP) is 3.50. The fraction of sp³-hybridized carbons (Fsp3) is 0.438. The summed E-state index contributed by atoms with van der Waals surface area (Å²) in [7, 11) is 1.60. The van der Waals surface area contributed by atoms with Crippen LogP contribution < -0.4 is 5.56 Å². The third-order valence-electron chi connectivity index (χ3n) is 3.36. The van der Waals surface area contributed by atoms with Gasteiger partial charge in [-0.15, -0.1) is 0 Å². The van der Waals surface area contributed by atoms with Gasteiger partial charge in [-0.05, 0) is 39.8 Å². The molecule has 2 rings (SSSR count). The van der Waals surface area contributed by atoms with Crippen LogP contribution in [0.4, 0.5) is 4.79 Å². The molecule has 1 N–H and O–H groups in total. The van der Waals surface area contributed by atoms with E-state index in [1.54, 1.807) is 52.9 Å². The Kier molecular flexibility index (Phi) is 4.66. The second-order valence-corrected chi connectivity index (χ2v) is 6.76. The summed E-state index contributed by atoms with van der Waals surface area (Å²) in [6.07, 6.45) is -0.487. The normalized spacial score (nSPS) is 13.0. The summed E-state index contributed by atoms with van der Waals surface area (Å²) in [5, 5.41) is 0.681. The first-order valence-electron chi connectivity index (χ1n) is 7.24. The number of carbonyl (C=O) groups excluding carboxylic acids is 1. The van der Waals surface area contributed by atoms with E-state index in [2.05, 4.69) is 9.97 Å². The van der Waals surface area contributed by atoms with Crippen LogP contribution in [0.1, 0.15) is 39.6 Å². The molecule has 0 saturated heterocycles. The van der Waals surface area contributed by atoms with Crippen LogP contribution in [0.2, 0.25) is 5.02 Å². The van der Waals surface area contributed by atoms with Crippen LogP contribution in [0, 0.1) is 0 Å². The lowest BCUT2D eigenvalue weighted by molar-refractivity contribution is 0.0227. The van der Waals surface area contributed by atoms with Gasteiger partial charge in [-0.25, -0.2) is 9.78 Å². The standard InChI is InChI=1S/C16H20ClN3O3/c1-9(20(5)15(22)23-16(2,3)4)13-18-11-8-6-7-10(17)12(11)14(21)19-13/h6-9H,1-5H3,(H,18,19,21). The smallest absolute Gasteiger partial charge is 0.410 e. The highest BCUT2D eigenvalue weighted by molar-refractivity contribution is 6.35. The van der Waals surface area contributed by atoms with Crippen molar-refractivity contribution in [3.63, 3.8) is 0 Å². The second kappa shape index (κ2) is 6.20. The van der Waals surface area contributed by atoms with Crippen LogP contribution >= 0.6 is 11.6 Å². The second-order valence-electron chi connectivity index (χ2n) is 6.35. The van der Waals surface area contributed by atoms with Gasteiger partial charge in [-0.1, -0.05) is 17.7 Å². The summed E-state index contributed by atoms with van der Waals surface area (Å²) >= 11 is 6.04. The van der Waals surface area contributed by atoms with E-state index < -0.39 is 17.7 Å². The number of nitrogens with one attached hydrogen (secondary N) is 1. The molecule has 0 radical (unpaired) electrons. The average molecular weight is 338 g/mol. The lowest BCUT2D eigenvalue weighted by atomic mass is 10.2. The predicted molar refractivity (Wildman–Crippen MR) is 89.8 cm³/mol. The van der Waals surface area contributed by atoms with E-state index in [-0.39, 0.29) is 5.56 Å². The monoisotopic (exact) mass is 337 g/mol. The van der Waals surface area contributed by atoms with Crippen molar-refractivity contribution in [3.8, 4) is 0 Å². The van der Waals surface area contributed by atoms with E-state index in [9.17, 15) is 9.59 Å². The van der Waals surface area contributed by atoms with Crippen molar-refractivity contribution in [3.05, 3.63) is 39.4 Å². The molecule has 0 aliphatic carbocycles. The number of nitrogens with zero attached hydrogens (tertiary/aromatic N) is 2. The van der Waals surface area contributed by atoms with Crippen molar-refractivity contribution < 1.29 is 9.53 Å². The SMILES string of the molecule is CC(c1nc2cccc(Cl)c2c(=O)[nH]1)N(C)C(=O)OC(C)(C)C. The number of fused-ring (bicyclic) bond motifs is 1. The molecule has 0 spiro atoms. The number of ether oxygens (including phenoxy) is 1. The molecule has 7 heteroatoms. The Labute approximate surface area is 139 Å². The molecule has 2 aromatic rings. The van der Waals surface area contributed by atoms with Gasteiger partial charge in [0.15, 0.2) is 0 Å². The maximum absolute atomic E-state index is 12.2. The molecule has 0 aliphatic heterocycles. The van der Waals surface area contributed by atoms with Crippen molar-refractivity contribution in [2.45, 2.75) is 39.3 Å². The number of aromatic amines is 1. The van der Waals surface area contributed by atoms with Gasteiger partial charge in [-0.2, -0.15) is 0 Å². The van der Waals surface area contributed by atoms with Gasteiger partial charge < -0.3 is 14.6 Å². The Bertz CT molecular complexity index is 795. The zero-order valence-electron chi connectivity index (χ0n) is 13.8. The molecule has 6 nitrogen and oxygen atoms in total. The highest BCUT2D eigenvalue weighted by Crippen LogP contribution is 2.22. The number of hydrogen-bond donors (Lipinski definition) is 1. The lowest BCUT2D eigenvalue weighted by Crippen LogP contribution is -2.36. The number of hydrogen-bond acceptors (Lipinski definition) is 4. The largest absolute Gasteiger partial charge is 0.444 e. The summed E-state index contributed by atoms with van der Waals surface area (Å²) in [4.78, 5) is 32.9. The zero-order valence-corrected chi connectivity index (χ0v) is 14.6. The van der Waals surface area contributed by atoms with Crippen molar-refractivity contribution in [2.24, 2.45) is 0 Å². The van der Waals surface area contributed by atoms with Crippen LogP contribution in [-0.4, -0.2) is 33.6 Å². The molecular weight excluding hydrogens is 318 g/mol. The number of H-pyrrole nitrogens is 1. The van der Waals surface area contributed by atoms with Crippen molar-refractivity contribution in [1.29, 1.82) is 0 Å². The number of aromatic nitrogens is 2. The maximum Gasteiger partial charge on any atom is 0.410 e. The summed E-state index contributed by atoms with van der Waals surface area (Å²) in [6, 6.07) is 4.61. The Morgan fingerprint density at radius 2 is 2.04 bits per heavy atom. The first-order chi connectivity index (χ1) is 10.6. The summed E-state index contributed by atoms with van der Waals surface area (Å²) in [5.41, 5.74) is -0.441. The first kappa shape index (κ1) is 17.3. The molecule has 0 aliphatic rings. The quantitative estimate of drug-likeness (QED) is 0.910. The lowest BCUT2D eigenvalue weighted by Gasteiger charge is -2.28. The van der Waals surface area contributed by atoms with E-state index >= 15 is 0 Å². The van der Waals surface area contributed by atoms with Crippen LogP contribution in [0.25, 0.3) is 10.9 Å². The van der Waals surface area contributed by atoms with Crippen LogP contribution in [0.5, 0.6) is 0 Å². The van der Waals surface area contributed by atoms with E-state index in [0.29, 0.717) is 21.7 Å². The van der Waals surface area contributed by atoms with Gasteiger partial charge in [0, 0.05) is 7.05 Å². The van der Waals surface area contributed by atoms with Crippen LogP contribution in [0.15, 0.2) is 23.0 Å². The van der Waals surface area contributed by atoms with Gasteiger partial charge in [0.1, 0.15) is 11.4 Å². The first-order valence-corrected chi connectivity index (χ1v) is 7.62. The van der Waals surface area contributed by atoms with E-state index in [1.807, 2.05) is 0 Å². The third-order valence-corrected chi connectivity index (χ3v) is 3.67. The fourth-order valence-electron chi connectivity index (χ4n) is 2.04. The van der Waals surface area contributed by atoms with Gasteiger partial charge in [0.25, 0.3) is 5.56 Å². The maximum atomic E-state index is 12.2. The van der Waals surface area contributed by atoms with E-state index in [1.165, 1.54) is 4.90 Å². The molecule has 1 aromatic carbocycles. The topological polar surface area (TPSA) is 75.3 Å². The summed E-state index contributed by atoms with van der Waals surface area (Å²) < 4.78 is 5.33. The van der Waals surface area contributed by atoms with E-state index in [4.69, 9.17) is 16.3 Å². The van der Waals surface area contributed by atoms with Crippen LogP contribution in [-0.2, 0) is 4.74 Å². The summed E-state index contributed by atoms with van der Waals surface area (Å²) in [5.74, 6) is 0.373. The molecule has 0 fully saturated rings. The summed E-state index contributed by atoms with van der Waals surface area (Å²) in [6.45, 7) is 7.14. The molecular formula is C16H20ClN3O3. The number of carbonyl (C=O) groups is 1. The minimum absolute atomic E-state index is 0.333. The van der Waals surface area contributed by atoms with Crippen molar-refractivity contribution >= 4 is 28.6 Å². The van der Waals surface area contributed by atoms with Crippen molar-refractivity contribution in [1.82, 2.24) is 14.9 Å². The van der Waals surface area contributed by atoms with Gasteiger partial charge in [0.05, 0.1) is 22.0 Å². The highest BCUT2D eigenvalue weighted by Gasteiger charge is 2.25. The molecule has 1 amide bonds. The van der Waals surface area contributed by atoms with E-state index in [0.717, 1.165) is 0 Å². The minimum atomic E-state index is -0.594. The van der Waals surface area contributed by atoms with Gasteiger partial charge >= 0.3 is 6.09 Å². The molecule has 23 heavy (non-hydrogen) atoms. The number of amides is 1. The van der Waals surface area contributed by atoms with Gasteiger partial charge in [0.2, 0.25) is 0 Å². The minimum Gasteiger partial charge on any atom is -0.444 e. The number of benzene rings is 1. The van der Waals surface area contributed by atoms with Gasteiger partial charge in [-0.3, -0.25) is 4.79 Å². The molecule has 0 bridgehead atoms. The third kappa shape index (κ3) is 3.82. The highest BCUT2D eigenvalue weighted by atomic mass is 35.5. The van der Waals surface area contributed by atoms with Crippen molar-refractivity contribution in [2.75, 3.05) is 7.05 Å². The Hall–Kier alpha value is -2.08. The Morgan fingerprint density at radius 3 is 2.65 bits per heavy atom. The fourth-order valence-corrected chi connectivity index (χ4v) is 2.30. The molecule has 124 valence electrons. The number of halogens is 1. The molecule has 1 atom stereocenters. The average Bonchev–Trinajstić information content (AvgIpc) is 2.43. The zero-order chi connectivity index (χ0) is 17.4. The number of rotatable bonds is 2.